The highest BCUT2D eigenvalue weighted by Gasteiger charge is 2.12. The van der Waals surface area contributed by atoms with Crippen LogP contribution in [0, 0.1) is 0 Å². The molecule has 5 heteroatoms. The van der Waals surface area contributed by atoms with Crippen LogP contribution in [0.15, 0.2) is 4.99 Å². The molecule has 0 heterocycles. The number of hydrogen-bond acceptors (Lipinski definition) is 2. The summed E-state index contributed by atoms with van der Waals surface area (Å²) in [6, 6.07) is 0.545. The average Bonchev–Trinajstić information content (AvgIpc) is 2.39. The van der Waals surface area contributed by atoms with Crippen LogP contribution in [0.5, 0.6) is 0 Å². The van der Waals surface area contributed by atoms with Gasteiger partial charge in [-0.1, -0.05) is 32.6 Å². The van der Waals surface area contributed by atoms with Gasteiger partial charge in [-0.05, 0) is 25.7 Å². The van der Waals surface area contributed by atoms with E-state index in [9.17, 15) is 0 Å². The fraction of sp³-hybridized carbons (Fsp3) is 0.929. The topological polar surface area (TPSA) is 59.6 Å². The molecule has 114 valence electrons. The third-order valence-electron chi connectivity index (χ3n) is 3.33. The Morgan fingerprint density at radius 3 is 2.58 bits per heavy atom. The summed E-state index contributed by atoms with van der Waals surface area (Å²) in [5.41, 5.74) is 5.87. The Morgan fingerprint density at radius 2 is 1.89 bits per heavy atom. The first-order chi connectivity index (χ1) is 8.83. The third-order valence-corrected chi connectivity index (χ3v) is 3.33. The van der Waals surface area contributed by atoms with Crippen LogP contribution in [0.1, 0.15) is 58.3 Å². The maximum absolute atomic E-state index is 5.87. The molecule has 1 aliphatic carbocycles. The molecule has 0 amide bonds. The van der Waals surface area contributed by atoms with E-state index in [-0.39, 0.29) is 24.0 Å². The molecule has 1 aliphatic rings. The SMILES string of the molecule is CCCCOCCCN=C(N)NC1CCCCC1.I. The molecule has 0 aromatic heterocycles. The van der Waals surface area contributed by atoms with Crippen LogP contribution in [-0.2, 0) is 4.74 Å². The first-order valence-electron chi connectivity index (χ1n) is 7.47. The molecule has 1 saturated carbocycles. The van der Waals surface area contributed by atoms with Gasteiger partial charge in [0.05, 0.1) is 0 Å². The largest absolute Gasteiger partial charge is 0.381 e. The molecule has 3 N–H and O–H groups in total. The van der Waals surface area contributed by atoms with E-state index in [1.54, 1.807) is 0 Å². The number of ether oxygens (including phenoxy) is 1. The molecule has 19 heavy (non-hydrogen) atoms. The molecule has 0 aromatic carbocycles. The van der Waals surface area contributed by atoms with Crippen molar-refractivity contribution in [1.82, 2.24) is 5.32 Å². The maximum atomic E-state index is 5.87. The van der Waals surface area contributed by atoms with Crippen molar-refractivity contribution in [3.05, 3.63) is 0 Å². The Kier molecular flexibility index (Phi) is 12.9. The number of nitrogens with two attached hydrogens (primary N) is 1. The fourth-order valence-electron chi connectivity index (χ4n) is 2.22. The second-order valence-corrected chi connectivity index (χ2v) is 5.07. The van der Waals surface area contributed by atoms with E-state index in [0.717, 1.165) is 32.6 Å². The second-order valence-electron chi connectivity index (χ2n) is 5.07. The van der Waals surface area contributed by atoms with E-state index in [1.165, 1.54) is 38.5 Å². The first kappa shape index (κ1) is 19.0. The Labute approximate surface area is 135 Å². The third kappa shape index (κ3) is 10.4. The molecule has 4 nitrogen and oxygen atoms in total. The van der Waals surface area contributed by atoms with Crippen LogP contribution < -0.4 is 11.1 Å². The lowest BCUT2D eigenvalue weighted by molar-refractivity contribution is 0.130. The Balaban J connectivity index is 0.00000324. The highest BCUT2D eigenvalue weighted by atomic mass is 127. The second kappa shape index (κ2) is 13.0. The molecule has 0 unspecified atom stereocenters. The zero-order chi connectivity index (χ0) is 13.1. The minimum absolute atomic E-state index is 0. The van der Waals surface area contributed by atoms with Crippen molar-refractivity contribution in [2.24, 2.45) is 10.7 Å². The fourth-order valence-corrected chi connectivity index (χ4v) is 2.22. The monoisotopic (exact) mass is 383 g/mol. The summed E-state index contributed by atoms with van der Waals surface area (Å²) < 4.78 is 5.48. The molecule has 0 atom stereocenters. The van der Waals surface area contributed by atoms with E-state index in [2.05, 4.69) is 17.2 Å². The van der Waals surface area contributed by atoms with Gasteiger partial charge in [0.1, 0.15) is 0 Å². The first-order valence-corrected chi connectivity index (χ1v) is 7.47. The lowest BCUT2D eigenvalue weighted by atomic mass is 9.96. The Morgan fingerprint density at radius 1 is 1.21 bits per heavy atom. The van der Waals surface area contributed by atoms with Crippen LogP contribution in [0.2, 0.25) is 0 Å². The molecule has 0 bridgehead atoms. The van der Waals surface area contributed by atoms with Crippen LogP contribution in [-0.4, -0.2) is 31.8 Å². The lowest BCUT2D eigenvalue weighted by Crippen LogP contribution is -2.41. The number of nitrogens with one attached hydrogen (secondary N) is 1. The molecular formula is C14H30IN3O. The van der Waals surface area contributed by atoms with Gasteiger partial charge >= 0.3 is 0 Å². The van der Waals surface area contributed by atoms with Crippen molar-refractivity contribution >= 4 is 29.9 Å². The smallest absolute Gasteiger partial charge is 0.188 e. The summed E-state index contributed by atoms with van der Waals surface area (Å²) in [6.07, 6.45) is 9.76. The van der Waals surface area contributed by atoms with Gasteiger partial charge < -0.3 is 15.8 Å². The number of unbranched alkanes of at least 4 members (excludes halogenated alkanes) is 1. The van der Waals surface area contributed by atoms with Crippen molar-refractivity contribution in [2.75, 3.05) is 19.8 Å². The molecular weight excluding hydrogens is 353 g/mol. The summed E-state index contributed by atoms with van der Waals surface area (Å²) in [4.78, 5) is 4.34. The summed E-state index contributed by atoms with van der Waals surface area (Å²) in [5.74, 6) is 0.607. The number of nitrogens with zero attached hydrogens (tertiary/aromatic N) is 1. The van der Waals surface area contributed by atoms with Crippen LogP contribution in [0.4, 0.5) is 0 Å². The molecule has 0 aliphatic heterocycles. The van der Waals surface area contributed by atoms with Gasteiger partial charge in [0.2, 0.25) is 0 Å². The number of rotatable bonds is 8. The Hall–Kier alpha value is -0.0400. The van der Waals surface area contributed by atoms with Gasteiger partial charge in [-0.25, -0.2) is 0 Å². The van der Waals surface area contributed by atoms with Crippen molar-refractivity contribution < 1.29 is 4.74 Å². The maximum Gasteiger partial charge on any atom is 0.188 e. The highest BCUT2D eigenvalue weighted by molar-refractivity contribution is 14.0. The van der Waals surface area contributed by atoms with Crippen molar-refractivity contribution in [2.45, 2.75) is 64.3 Å². The zero-order valence-corrected chi connectivity index (χ0v) is 14.5. The number of guanidine groups is 1. The van der Waals surface area contributed by atoms with E-state index >= 15 is 0 Å². The average molecular weight is 383 g/mol. The van der Waals surface area contributed by atoms with Gasteiger partial charge in [0.25, 0.3) is 0 Å². The molecule has 0 radical (unpaired) electrons. The van der Waals surface area contributed by atoms with E-state index in [4.69, 9.17) is 10.5 Å². The molecule has 1 fully saturated rings. The van der Waals surface area contributed by atoms with Crippen molar-refractivity contribution in [3.63, 3.8) is 0 Å². The minimum atomic E-state index is 0. The highest BCUT2D eigenvalue weighted by Crippen LogP contribution is 2.16. The molecule has 0 saturated heterocycles. The molecule has 1 rings (SSSR count). The predicted molar refractivity (Wildman–Crippen MR) is 92.3 cm³/mol. The van der Waals surface area contributed by atoms with E-state index < -0.39 is 0 Å². The van der Waals surface area contributed by atoms with Crippen molar-refractivity contribution in [3.8, 4) is 0 Å². The van der Waals surface area contributed by atoms with Crippen LogP contribution in [0.3, 0.4) is 0 Å². The van der Waals surface area contributed by atoms with Gasteiger partial charge in [-0.3, -0.25) is 4.99 Å². The van der Waals surface area contributed by atoms with Crippen LogP contribution in [0.25, 0.3) is 0 Å². The van der Waals surface area contributed by atoms with Gasteiger partial charge in [0.15, 0.2) is 5.96 Å². The molecule has 0 spiro atoms. The van der Waals surface area contributed by atoms with E-state index in [1.807, 2.05) is 0 Å². The predicted octanol–water partition coefficient (Wildman–Crippen LogP) is 3.05. The summed E-state index contributed by atoms with van der Waals surface area (Å²) in [5, 5.41) is 3.32. The number of halogens is 1. The van der Waals surface area contributed by atoms with Gasteiger partial charge in [-0.2, -0.15) is 0 Å². The van der Waals surface area contributed by atoms with E-state index in [0.29, 0.717) is 12.0 Å². The minimum Gasteiger partial charge on any atom is -0.381 e. The Bertz CT molecular complexity index is 231. The van der Waals surface area contributed by atoms with Crippen molar-refractivity contribution in [1.29, 1.82) is 0 Å². The number of aliphatic imine (C=N–C) groups is 1. The van der Waals surface area contributed by atoms with Gasteiger partial charge in [-0.15, -0.1) is 24.0 Å². The lowest BCUT2D eigenvalue weighted by Gasteiger charge is -2.23. The quantitative estimate of drug-likeness (QED) is 0.293. The summed E-state index contributed by atoms with van der Waals surface area (Å²) in [6.45, 7) is 4.60. The van der Waals surface area contributed by atoms with Gasteiger partial charge in [0, 0.05) is 25.8 Å². The summed E-state index contributed by atoms with van der Waals surface area (Å²) in [7, 11) is 0. The standard InChI is InChI=1S/C14H29N3O.HI/c1-2-3-11-18-12-7-10-16-14(15)17-13-8-5-4-6-9-13;/h13H,2-12H2,1H3,(H3,15,16,17);1H. The number of hydrogen-bond donors (Lipinski definition) is 2. The summed E-state index contributed by atoms with van der Waals surface area (Å²) >= 11 is 0. The molecule has 0 aromatic rings. The zero-order valence-electron chi connectivity index (χ0n) is 12.2. The normalized spacial score (nSPS) is 17.0. The van der Waals surface area contributed by atoms with Crippen LogP contribution >= 0.6 is 24.0 Å².